The van der Waals surface area contributed by atoms with E-state index in [2.05, 4.69) is 35.6 Å². The summed E-state index contributed by atoms with van der Waals surface area (Å²) in [6, 6.07) is 11.0. The zero-order valence-electron chi connectivity index (χ0n) is 11.1. The van der Waals surface area contributed by atoms with Crippen LogP contribution in [0.4, 0.5) is 0 Å². The van der Waals surface area contributed by atoms with E-state index in [1.54, 1.807) is 7.11 Å². The van der Waals surface area contributed by atoms with Crippen LogP contribution in [0.2, 0.25) is 0 Å². The van der Waals surface area contributed by atoms with Crippen LogP contribution >= 0.6 is 0 Å². The first-order chi connectivity index (χ1) is 8.90. The van der Waals surface area contributed by atoms with Crippen LogP contribution in [0.5, 0.6) is 0 Å². The number of rotatable bonds is 7. The molecular formula is C15H23NO2. The highest BCUT2D eigenvalue weighted by Gasteiger charge is 2.25. The topological polar surface area (TPSA) is 30.5 Å². The monoisotopic (exact) mass is 249 g/mol. The first-order valence-corrected chi connectivity index (χ1v) is 6.78. The minimum absolute atomic E-state index is 0.349. The lowest BCUT2D eigenvalue weighted by atomic mass is 9.99. The lowest BCUT2D eigenvalue weighted by Crippen LogP contribution is -2.42. The summed E-state index contributed by atoms with van der Waals surface area (Å²) in [5.41, 5.74) is 1.36. The molecule has 0 saturated carbocycles. The second kappa shape index (κ2) is 7.52. The molecule has 0 bridgehead atoms. The lowest BCUT2D eigenvalue weighted by Gasteiger charge is -2.24. The lowest BCUT2D eigenvalue weighted by molar-refractivity contribution is 0.0750. The summed E-state index contributed by atoms with van der Waals surface area (Å²) in [5, 5.41) is 3.56. The maximum atomic E-state index is 5.81. The molecule has 0 amide bonds. The van der Waals surface area contributed by atoms with Crippen molar-refractivity contribution in [2.75, 3.05) is 26.9 Å². The Labute approximate surface area is 109 Å². The van der Waals surface area contributed by atoms with E-state index in [9.17, 15) is 0 Å². The zero-order valence-corrected chi connectivity index (χ0v) is 11.1. The smallest absolute Gasteiger partial charge is 0.0732 e. The molecule has 0 spiro atoms. The van der Waals surface area contributed by atoms with Crippen molar-refractivity contribution in [3.63, 3.8) is 0 Å². The van der Waals surface area contributed by atoms with Gasteiger partial charge in [-0.2, -0.15) is 0 Å². The molecule has 18 heavy (non-hydrogen) atoms. The summed E-state index contributed by atoms with van der Waals surface area (Å²) in [4.78, 5) is 0. The molecule has 1 N–H and O–H groups in total. The highest BCUT2D eigenvalue weighted by Crippen LogP contribution is 2.18. The molecule has 0 aliphatic carbocycles. The maximum Gasteiger partial charge on any atom is 0.0732 e. The molecular weight excluding hydrogens is 226 g/mol. The predicted molar refractivity (Wildman–Crippen MR) is 72.8 cm³/mol. The molecule has 1 aromatic carbocycles. The second-order valence-corrected chi connectivity index (χ2v) is 4.79. The Hall–Kier alpha value is -0.900. The summed E-state index contributed by atoms with van der Waals surface area (Å²) in [5.74, 6) is 0. The van der Waals surface area contributed by atoms with Crippen molar-refractivity contribution >= 4 is 0 Å². The van der Waals surface area contributed by atoms with Gasteiger partial charge < -0.3 is 14.8 Å². The van der Waals surface area contributed by atoms with Gasteiger partial charge in [0.05, 0.1) is 12.7 Å². The third kappa shape index (κ3) is 4.09. The van der Waals surface area contributed by atoms with Crippen molar-refractivity contribution in [2.24, 2.45) is 0 Å². The van der Waals surface area contributed by atoms with E-state index in [0.717, 1.165) is 32.6 Å². The molecule has 1 fully saturated rings. The molecule has 3 heteroatoms. The first-order valence-electron chi connectivity index (χ1n) is 6.78. The second-order valence-electron chi connectivity index (χ2n) is 4.79. The van der Waals surface area contributed by atoms with Crippen LogP contribution in [-0.4, -0.2) is 39.0 Å². The Morgan fingerprint density at radius 2 is 2.22 bits per heavy atom. The summed E-state index contributed by atoms with van der Waals surface area (Å²) < 4.78 is 10.9. The van der Waals surface area contributed by atoms with Crippen LogP contribution in [0, 0.1) is 0 Å². The Morgan fingerprint density at radius 3 is 2.89 bits per heavy atom. The normalized spacial score (nSPS) is 21.1. The summed E-state index contributed by atoms with van der Waals surface area (Å²) >= 11 is 0. The molecule has 2 rings (SSSR count). The Morgan fingerprint density at radius 1 is 1.39 bits per heavy atom. The van der Waals surface area contributed by atoms with Crippen LogP contribution in [0.1, 0.15) is 18.4 Å². The average molecular weight is 249 g/mol. The van der Waals surface area contributed by atoms with Crippen LogP contribution in [0.15, 0.2) is 30.3 Å². The number of methoxy groups -OCH3 is 1. The van der Waals surface area contributed by atoms with Gasteiger partial charge in [-0.25, -0.2) is 0 Å². The third-order valence-corrected chi connectivity index (χ3v) is 3.42. The van der Waals surface area contributed by atoms with Gasteiger partial charge in [-0.15, -0.1) is 0 Å². The minimum Gasteiger partial charge on any atom is -0.383 e. The standard InChI is InChI=1S/C15H23NO2/c1-17-11-9-16-14(15-8-5-10-18-15)12-13-6-3-2-4-7-13/h2-4,6-7,14-16H,5,8-12H2,1H3/t14-,15+/m1/s1. The third-order valence-electron chi connectivity index (χ3n) is 3.42. The molecule has 1 aliphatic heterocycles. The number of hydrogen-bond acceptors (Lipinski definition) is 3. The van der Waals surface area contributed by atoms with Crippen molar-refractivity contribution in [1.82, 2.24) is 5.32 Å². The van der Waals surface area contributed by atoms with E-state index in [0.29, 0.717) is 12.1 Å². The van der Waals surface area contributed by atoms with Crippen molar-refractivity contribution in [1.29, 1.82) is 0 Å². The molecule has 0 aromatic heterocycles. The maximum absolute atomic E-state index is 5.81. The summed E-state index contributed by atoms with van der Waals surface area (Å²) in [6.45, 7) is 2.54. The van der Waals surface area contributed by atoms with Crippen LogP contribution in [-0.2, 0) is 15.9 Å². The van der Waals surface area contributed by atoms with E-state index in [4.69, 9.17) is 9.47 Å². The Bertz CT molecular complexity index is 323. The number of nitrogens with one attached hydrogen (secondary N) is 1. The molecule has 1 saturated heterocycles. The first kappa shape index (κ1) is 13.5. The predicted octanol–water partition coefficient (Wildman–Crippen LogP) is 2.01. The quantitative estimate of drug-likeness (QED) is 0.750. The summed E-state index contributed by atoms with van der Waals surface area (Å²) in [6.07, 6.45) is 3.72. The number of hydrogen-bond donors (Lipinski definition) is 1. The highest BCUT2D eigenvalue weighted by molar-refractivity contribution is 5.16. The SMILES string of the molecule is COCCN[C@H](Cc1ccccc1)[C@@H]1CCCO1. The minimum atomic E-state index is 0.349. The highest BCUT2D eigenvalue weighted by atomic mass is 16.5. The number of ether oxygens (including phenoxy) is 2. The fourth-order valence-electron chi connectivity index (χ4n) is 2.47. The van der Waals surface area contributed by atoms with Gasteiger partial charge >= 0.3 is 0 Å². The van der Waals surface area contributed by atoms with Gasteiger partial charge in [-0.1, -0.05) is 30.3 Å². The van der Waals surface area contributed by atoms with Crippen molar-refractivity contribution in [2.45, 2.75) is 31.4 Å². The van der Waals surface area contributed by atoms with E-state index in [1.807, 2.05) is 0 Å². The largest absolute Gasteiger partial charge is 0.383 e. The van der Waals surface area contributed by atoms with E-state index in [1.165, 1.54) is 12.0 Å². The average Bonchev–Trinajstić information content (AvgIpc) is 2.93. The number of benzene rings is 1. The van der Waals surface area contributed by atoms with E-state index < -0.39 is 0 Å². The van der Waals surface area contributed by atoms with Gasteiger partial charge in [-0.3, -0.25) is 0 Å². The fraction of sp³-hybridized carbons (Fsp3) is 0.600. The van der Waals surface area contributed by atoms with Crippen molar-refractivity contribution in [3.8, 4) is 0 Å². The molecule has 2 atom stereocenters. The van der Waals surface area contributed by atoms with Gasteiger partial charge in [0.15, 0.2) is 0 Å². The van der Waals surface area contributed by atoms with E-state index in [-0.39, 0.29) is 0 Å². The van der Waals surface area contributed by atoms with Crippen LogP contribution in [0.25, 0.3) is 0 Å². The van der Waals surface area contributed by atoms with Crippen LogP contribution < -0.4 is 5.32 Å². The molecule has 0 radical (unpaired) electrons. The fourth-order valence-corrected chi connectivity index (χ4v) is 2.47. The molecule has 1 aliphatic rings. The zero-order chi connectivity index (χ0) is 12.6. The molecule has 3 nitrogen and oxygen atoms in total. The molecule has 1 aromatic rings. The van der Waals surface area contributed by atoms with Crippen molar-refractivity contribution in [3.05, 3.63) is 35.9 Å². The van der Waals surface area contributed by atoms with Crippen molar-refractivity contribution < 1.29 is 9.47 Å². The van der Waals surface area contributed by atoms with Gasteiger partial charge in [0.2, 0.25) is 0 Å². The molecule has 1 heterocycles. The summed E-state index contributed by atoms with van der Waals surface area (Å²) in [7, 11) is 1.74. The van der Waals surface area contributed by atoms with E-state index >= 15 is 0 Å². The van der Waals surface area contributed by atoms with Gasteiger partial charge in [0, 0.05) is 26.3 Å². The molecule has 0 unspecified atom stereocenters. The Kier molecular flexibility index (Phi) is 5.65. The van der Waals surface area contributed by atoms with Gasteiger partial charge in [0.25, 0.3) is 0 Å². The van der Waals surface area contributed by atoms with Gasteiger partial charge in [0.1, 0.15) is 0 Å². The van der Waals surface area contributed by atoms with Crippen LogP contribution in [0.3, 0.4) is 0 Å². The van der Waals surface area contributed by atoms with Gasteiger partial charge in [-0.05, 0) is 24.8 Å². The Balaban J connectivity index is 1.90. The molecule has 100 valence electrons.